The number of hydrogen-bond acceptors (Lipinski definition) is 4. The van der Waals surface area contributed by atoms with Gasteiger partial charge in [-0.15, -0.1) is 0 Å². The zero-order valence-electron chi connectivity index (χ0n) is 17.1. The Kier molecular flexibility index (Phi) is 6.60. The van der Waals surface area contributed by atoms with Crippen molar-refractivity contribution in [3.05, 3.63) is 65.7 Å². The number of benzene rings is 2. The Labute approximate surface area is 171 Å². The second kappa shape index (κ2) is 9.32. The molecule has 29 heavy (non-hydrogen) atoms. The second-order valence-corrected chi connectivity index (χ2v) is 7.27. The average molecular weight is 390 g/mol. The summed E-state index contributed by atoms with van der Waals surface area (Å²) in [5.74, 6) is -0.827. The molecule has 0 radical (unpaired) electrons. The topological polar surface area (TPSA) is 68.3 Å². The lowest BCUT2D eigenvalue weighted by Crippen LogP contribution is -2.35. The number of pyridine rings is 1. The molecule has 2 aromatic carbocycles. The number of nitrogens with zero attached hydrogens (tertiary/aromatic N) is 1. The molecule has 0 spiro atoms. The van der Waals surface area contributed by atoms with E-state index in [0.29, 0.717) is 22.2 Å². The molecule has 5 nitrogen and oxygen atoms in total. The summed E-state index contributed by atoms with van der Waals surface area (Å²) in [4.78, 5) is 29.5. The van der Waals surface area contributed by atoms with Crippen LogP contribution in [0.15, 0.2) is 54.6 Å². The number of fused-ring (bicyclic) bond motifs is 1. The van der Waals surface area contributed by atoms with Crippen LogP contribution in [0, 0.1) is 6.92 Å². The predicted octanol–water partition coefficient (Wildman–Crippen LogP) is 4.67. The van der Waals surface area contributed by atoms with Gasteiger partial charge in [-0.3, -0.25) is 4.79 Å². The van der Waals surface area contributed by atoms with Crippen molar-refractivity contribution < 1.29 is 14.3 Å². The molecule has 0 unspecified atom stereocenters. The number of aromatic nitrogens is 1. The summed E-state index contributed by atoms with van der Waals surface area (Å²) in [6, 6.07) is 17.2. The van der Waals surface area contributed by atoms with E-state index < -0.39 is 5.97 Å². The Morgan fingerprint density at radius 3 is 2.55 bits per heavy atom. The lowest BCUT2D eigenvalue weighted by atomic mass is 10.0. The number of rotatable bonds is 7. The van der Waals surface area contributed by atoms with Gasteiger partial charge < -0.3 is 10.1 Å². The molecule has 5 heteroatoms. The van der Waals surface area contributed by atoms with Gasteiger partial charge in [-0.25, -0.2) is 9.78 Å². The highest BCUT2D eigenvalue weighted by Gasteiger charge is 2.17. The first-order valence-electron chi connectivity index (χ1n) is 9.91. The fraction of sp³-hybridized carbons (Fsp3) is 0.292. The van der Waals surface area contributed by atoms with Crippen molar-refractivity contribution in [1.29, 1.82) is 0 Å². The maximum Gasteiger partial charge on any atom is 0.339 e. The maximum atomic E-state index is 12.8. The fourth-order valence-electron chi connectivity index (χ4n) is 3.25. The first-order valence-corrected chi connectivity index (χ1v) is 9.91. The molecular formula is C24H26N2O3. The van der Waals surface area contributed by atoms with Gasteiger partial charge in [-0.05, 0) is 32.4 Å². The van der Waals surface area contributed by atoms with Crippen molar-refractivity contribution in [3.63, 3.8) is 0 Å². The summed E-state index contributed by atoms with van der Waals surface area (Å²) >= 11 is 0. The Hall–Kier alpha value is -3.21. The molecule has 0 aliphatic heterocycles. The number of carbonyl (C=O) groups is 2. The SMILES string of the molecule is CCC[C@H](C)NC(=O)COC(=O)c1cc(-c2ccc(C)cc2)nc2ccccc12. The zero-order valence-corrected chi connectivity index (χ0v) is 17.1. The van der Waals surface area contributed by atoms with E-state index in [2.05, 4.69) is 17.2 Å². The van der Waals surface area contributed by atoms with Crippen LogP contribution in [0.3, 0.4) is 0 Å². The molecular weight excluding hydrogens is 364 g/mol. The predicted molar refractivity (Wildman–Crippen MR) is 115 cm³/mol. The summed E-state index contributed by atoms with van der Waals surface area (Å²) in [6.45, 7) is 5.71. The molecule has 1 atom stereocenters. The van der Waals surface area contributed by atoms with E-state index >= 15 is 0 Å². The zero-order chi connectivity index (χ0) is 20.8. The van der Waals surface area contributed by atoms with E-state index in [0.717, 1.165) is 24.0 Å². The number of hydrogen-bond donors (Lipinski definition) is 1. The molecule has 0 saturated carbocycles. The molecule has 0 aliphatic rings. The molecule has 0 fully saturated rings. The Bertz CT molecular complexity index is 1010. The number of carbonyl (C=O) groups excluding carboxylic acids is 2. The first kappa shape index (κ1) is 20.5. The van der Waals surface area contributed by atoms with Gasteiger partial charge >= 0.3 is 5.97 Å². The van der Waals surface area contributed by atoms with Gasteiger partial charge in [0.2, 0.25) is 0 Å². The number of nitrogens with one attached hydrogen (secondary N) is 1. The number of amides is 1. The van der Waals surface area contributed by atoms with Crippen LogP contribution in [-0.4, -0.2) is 29.5 Å². The normalized spacial score (nSPS) is 11.8. The van der Waals surface area contributed by atoms with E-state index in [-0.39, 0.29) is 18.6 Å². The third kappa shape index (κ3) is 5.19. The molecule has 0 aliphatic carbocycles. The quantitative estimate of drug-likeness (QED) is 0.595. The minimum atomic E-state index is -0.532. The van der Waals surface area contributed by atoms with Crippen LogP contribution in [0.1, 0.15) is 42.6 Å². The van der Waals surface area contributed by atoms with Gasteiger partial charge in [-0.2, -0.15) is 0 Å². The molecule has 0 saturated heterocycles. The summed E-state index contributed by atoms with van der Waals surface area (Å²) in [5.41, 5.74) is 3.87. The van der Waals surface area contributed by atoms with E-state index in [4.69, 9.17) is 4.74 Å². The van der Waals surface area contributed by atoms with Crippen molar-refractivity contribution in [1.82, 2.24) is 10.3 Å². The van der Waals surface area contributed by atoms with Gasteiger partial charge in [0.15, 0.2) is 6.61 Å². The van der Waals surface area contributed by atoms with Crippen molar-refractivity contribution in [2.24, 2.45) is 0 Å². The summed E-state index contributed by atoms with van der Waals surface area (Å²) in [7, 11) is 0. The molecule has 1 heterocycles. The third-order valence-corrected chi connectivity index (χ3v) is 4.75. The van der Waals surface area contributed by atoms with E-state index in [1.165, 1.54) is 0 Å². The smallest absolute Gasteiger partial charge is 0.339 e. The van der Waals surface area contributed by atoms with Crippen LogP contribution < -0.4 is 5.32 Å². The average Bonchev–Trinajstić information content (AvgIpc) is 2.72. The van der Waals surface area contributed by atoms with Crippen molar-refractivity contribution in [2.75, 3.05) is 6.61 Å². The van der Waals surface area contributed by atoms with Gasteiger partial charge in [0.05, 0.1) is 16.8 Å². The molecule has 1 amide bonds. The Balaban J connectivity index is 1.84. The van der Waals surface area contributed by atoms with Gasteiger partial charge in [0.1, 0.15) is 0 Å². The third-order valence-electron chi connectivity index (χ3n) is 4.75. The standard InChI is InChI=1S/C24H26N2O3/c1-4-7-17(3)25-23(27)15-29-24(28)20-14-22(18-12-10-16(2)11-13-18)26-21-9-6-5-8-19(20)21/h5-6,8-14,17H,4,7,15H2,1-3H3,(H,25,27)/t17-/m0/s1. The molecule has 3 aromatic rings. The monoisotopic (exact) mass is 390 g/mol. The van der Waals surface area contributed by atoms with E-state index in [1.807, 2.05) is 62.4 Å². The minimum absolute atomic E-state index is 0.0566. The Morgan fingerprint density at radius 2 is 1.83 bits per heavy atom. The molecule has 3 rings (SSSR count). The van der Waals surface area contributed by atoms with Crippen molar-refractivity contribution in [3.8, 4) is 11.3 Å². The highest BCUT2D eigenvalue weighted by atomic mass is 16.5. The molecule has 1 aromatic heterocycles. The molecule has 0 bridgehead atoms. The van der Waals surface area contributed by atoms with Crippen LogP contribution in [0.25, 0.3) is 22.2 Å². The van der Waals surface area contributed by atoms with Gasteiger partial charge in [-0.1, -0.05) is 61.4 Å². The number of ether oxygens (including phenoxy) is 1. The van der Waals surface area contributed by atoms with Gasteiger partial charge in [0.25, 0.3) is 5.91 Å². The fourth-order valence-corrected chi connectivity index (χ4v) is 3.25. The molecule has 150 valence electrons. The number of esters is 1. The van der Waals surface area contributed by atoms with Crippen LogP contribution in [-0.2, 0) is 9.53 Å². The number of aryl methyl sites for hydroxylation is 1. The minimum Gasteiger partial charge on any atom is -0.452 e. The summed E-state index contributed by atoms with van der Waals surface area (Å²) in [6.07, 6.45) is 1.86. The lowest BCUT2D eigenvalue weighted by molar-refractivity contribution is -0.124. The van der Waals surface area contributed by atoms with Gasteiger partial charge in [0, 0.05) is 17.0 Å². The second-order valence-electron chi connectivity index (χ2n) is 7.27. The van der Waals surface area contributed by atoms with Crippen LogP contribution in [0.4, 0.5) is 0 Å². The van der Waals surface area contributed by atoms with Crippen molar-refractivity contribution >= 4 is 22.8 Å². The largest absolute Gasteiger partial charge is 0.452 e. The van der Waals surface area contributed by atoms with Crippen LogP contribution >= 0.6 is 0 Å². The summed E-state index contributed by atoms with van der Waals surface area (Å²) < 4.78 is 5.31. The van der Waals surface area contributed by atoms with E-state index in [9.17, 15) is 9.59 Å². The van der Waals surface area contributed by atoms with Crippen LogP contribution in [0.5, 0.6) is 0 Å². The maximum absolute atomic E-state index is 12.8. The van der Waals surface area contributed by atoms with E-state index in [1.54, 1.807) is 6.07 Å². The highest BCUT2D eigenvalue weighted by Crippen LogP contribution is 2.25. The Morgan fingerprint density at radius 1 is 1.10 bits per heavy atom. The number of para-hydroxylation sites is 1. The molecule has 1 N–H and O–H groups in total. The lowest BCUT2D eigenvalue weighted by Gasteiger charge is -2.13. The van der Waals surface area contributed by atoms with Crippen molar-refractivity contribution in [2.45, 2.75) is 39.7 Å². The first-order chi connectivity index (χ1) is 14.0. The van der Waals surface area contributed by atoms with Crippen LogP contribution in [0.2, 0.25) is 0 Å². The highest BCUT2D eigenvalue weighted by molar-refractivity contribution is 6.05. The summed E-state index contributed by atoms with van der Waals surface area (Å²) in [5, 5.41) is 3.54.